The van der Waals surface area contributed by atoms with Crippen molar-refractivity contribution in [3.05, 3.63) is 33.3 Å². The number of aliphatic hydroxyl groups excluding tert-OH is 1. The van der Waals surface area contributed by atoms with Gasteiger partial charge in [-0.25, -0.2) is 0 Å². The van der Waals surface area contributed by atoms with Crippen molar-refractivity contribution in [3.8, 4) is 0 Å². The van der Waals surface area contributed by atoms with Gasteiger partial charge in [-0.3, -0.25) is 10.1 Å². The summed E-state index contributed by atoms with van der Waals surface area (Å²) in [6.45, 7) is 3.51. The summed E-state index contributed by atoms with van der Waals surface area (Å²) >= 11 is 5.91. The fourth-order valence-corrected chi connectivity index (χ4v) is 1.60. The van der Waals surface area contributed by atoms with Crippen LogP contribution in [0.2, 0.25) is 5.02 Å². The van der Waals surface area contributed by atoms with Crippen LogP contribution in [0.4, 0.5) is 11.4 Å². The van der Waals surface area contributed by atoms with Crippen LogP contribution in [-0.2, 0) is 0 Å². The summed E-state index contributed by atoms with van der Waals surface area (Å²) < 4.78 is 0. The Labute approximate surface area is 110 Å². The number of non-ortho nitro benzene ring substituents is 1. The lowest BCUT2D eigenvalue weighted by Gasteiger charge is -2.10. The van der Waals surface area contributed by atoms with Gasteiger partial charge in [0.25, 0.3) is 5.69 Å². The first-order valence-electron chi connectivity index (χ1n) is 5.57. The average Bonchev–Trinajstić information content (AvgIpc) is 2.29. The Kier molecular flexibility index (Phi) is 5.84. The molecule has 7 heteroatoms. The number of rotatable bonds is 7. The SMILES string of the molecule is C[C@H](O)CNCCNc1ccc([N+](=O)[O-])cc1Cl. The molecule has 1 aromatic carbocycles. The fourth-order valence-electron chi connectivity index (χ4n) is 1.36. The van der Waals surface area contributed by atoms with Crippen LogP contribution in [0.1, 0.15) is 6.92 Å². The van der Waals surface area contributed by atoms with Crippen LogP contribution in [0.3, 0.4) is 0 Å². The van der Waals surface area contributed by atoms with Crippen molar-refractivity contribution in [2.75, 3.05) is 25.0 Å². The molecule has 18 heavy (non-hydrogen) atoms. The van der Waals surface area contributed by atoms with E-state index in [-0.39, 0.29) is 11.8 Å². The molecule has 100 valence electrons. The minimum Gasteiger partial charge on any atom is -0.392 e. The van der Waals surface area contributed by atoms with Gasteiger partial charge in [0.2, 0.25) is 0 Å². The monoisotopic (exact) mass is 273 g/mol. The van der Waals surface area contributed by atoms with Gasteiger partial charge >= 0.3 is 0 Å². The summed E-state index contributed by atoms with van der Waals surface area (Å²) in [5, 5.41) is 26.0. The molecule has 3 N–H and O–H groups in total. The number of nitrogens with one attached hydrogen (secondary N) is 2. The predicted octanol–water partition coefficient (Wildman–Crippen LogP) is 1.63. The van der Waals surface area contributed by atoms with E-state index in [9.17, 15) is 10.1 Å². The first kappa shape index (κ1) is 14.7. The quantitative estimate of drug-likeness (QED) is 0.399. The molecule has 0 fully saturated rings. The van der Waals surface area contributed by atoms with Gasteiger partial charge in [-0.2, -0.15) is 0 Å². The number of benzene rings is 1. The lowest BCUT2D eigenvalue weighted by atomic mass is 10.3. The molecule has 0 spiro atoms. The summed E-state index contributed by atoms with van der Waals surface area (Å²) in [6, 6.07) is 4.29. The van der Waals surface area contributed by atoms with Crippen molar-refractivity contribution in [1.29, 1.82) is 0 Å². The maximum Gasteiger partial charge on any atom is 0.271 e. The number of aliphatic hydroxyl groups is 1. The van der Waals surface area contributed by atoms with Gasteiger partial charge in [0, 0.05) is 31.8 Å². The molecule has 0 heterocycles. The standard InChI is InChI=1S/C11H16ClN3O3/c1-8(16)7-13-4-5-14-11-3-2-9(15(17)18)6-10(11)12/h2-3,6,8,13-14,16H,4-5,7H2,1H3/t8-/m0/s1. The Morgan fingerprint density at radius 1 is 1.50 bits per heavy atom. The second-order valence-electron chi connectivity index (χ2n) is 3.90. The van der Waals surface area contributed by atoms with Gasteiger partial charge in [-0.1, -0.05) is 11.6 Å². The largest absolute Gasteiger partial charge is 0.392 e. The Morgan fingerprint density at radius 2 is 2.22 bits per heavy atom. The van der Waals surface area contributed by atoms with Crippen LogP contribution >= 0.6 is 11.6 Å². The maximum atomic E-state index is 10.5. The third kappa shape index (κ3) is 4.87. The molecule has 1 atom stereocenters. The van der Waals surface area contributed by atoms with Crippen molar-refractivity contribution in [2.45, 2.75) is 13.0 Å². The maximum absolute atomic E-state index is 10.5. The molecule has 0 aliphatic carbocycles. The van der Waals surface area contributed by atoms with Gasteiger partial charge in [0.05, 0.1) is 21.7 Å². The van der Waals surface area contributed by atoms with E-state index in [0.717, 1.165) is 0 Å². The number of hydrogen-bond donors (Lipinski definition) is 3. The topological polar surface area (TPSA) is 87.4 Å². The van der Waals surface area contributed by atoms with Crippen LogP contribution in [0.5, 0.6) is 0 Å². The molecule has 0 saturated carbocycles. The van der Waals surface area contributed by atoms with E-state index in [4.69, 9.17) is 16.7 Å². The zero-order chi connectivity index (χ0) is 13.5. The Hall–Kier alpha value is -1.37. The van der Waals surface area contributed by atoms with Gasteiger partial charge in [0.1, 0.15) is 0 Å². The Morgan fingerprint density at radius 3 is 2.78 bits per heavy atom. The second-order valence-corrected chi connectivity index (χ2v) is 4.31. The van der Waals surface area contributed by atoms with Crippen LogP contribution in [0, 0.1) is 10.1 Å². The Bertz CT molecular complexity index is 413. The second kappa shape index (κ2) is 7.15. The molecule has 0 aromatic heterocycles. The smallest absolute Gasteiger partial charge is 0.271 e. The highest BCUT2D eigenvalue weighted by atomic mass is 35.5. The molecule has 0 aliphatic heterocycles. The van der Waals surface area contributed by atoms with E-state index in [1.54, 1.807) is 13.0 Å². The molecule has 0 bridgehead atoms. The van der Waals surface area contributed by atoms with Crippen molar-refractivity contribution in [3.63, 3.8) is 0 Å². The van der Waals surface area contributed by atoms with Crippen molar-refractivity contribution in [1.82, 2.24) is 5.32 Å². The zero-order valence-electron chi connectivity index (χ0n) is 10.0. The number of nitro benzene ring substituents is 1. The first-order chi connectivity index (χ1) is 8.50. The summed E-state index contributed by atoms with van der Waals surface area (Å²) in [6.07, 6.45) is -0.382. The molecular formula is C11H16ClN3O3. The summed E-state index contributed by atoms with van der Waals surface area (Å²) in [4.78, 5) is 10.0. The van der Waals surface area contributed by atoms with Crippen molar-refractivity contribution >= 4 is 23.0 Å². The number of nitro groups is 1. The first-order valence-corrected chi connectivity index (χ1v) is 5.95. The number of anilines is 1. The number of nitrogens with zero attached hydrogens (tertiary/aromatic N) is 1. The normalized spacial score (nSPS) is 12.2. The van der Waals surface area contributed by atoms with Crippen LogP contribution in [0.25, 0.3) is 0 Å². The van der Waals surface area contributed by atoms with E-state index in [1.807, 2.05) is 0 Å². The average molecular weight is 274 g/mol. The van der Waals surface area contributed by atoms with Gasteiger partial charge in [0.15, 0.2) is 0 Å². The highest BCUT2D eigenvalue weighted by Gasteiger charge is 2.08. The van der Waals surface area contributed by atoms with Crippen LogP contribution < -0.4 is 10.6 Å². The zero-order valence-corrected chi connectivity index (χ0v) is 10.8. The Balaban J connectivity index is 2.41. The molecule has 1 aromatic rings. The van der Waals surface area contributed by atoms with E-state index in [0.29, 0.717) is 30.3 Å². The third-order valence-electron chi connectivity index (χ3n) is 2.22. The lowest BCUT2D eigenvalue weighted by Crippen LogP contribution is -2.28. The molecule has 1 rings (SSSR count). The van der Waals surface area contributed by atoms with E-state index < -0.39 is 4.92 Å². The molecule has 0 radical (unpaired) electrons. The molecule has 6 nitrogen and oxygen atoms in total. The molecule has 0 amide bonds. The highest BCUT2D eigenvalue weighted by Crippen LogP contribution is 2.26. The minimum atomic E-state index is -0.486. The lowest BCUT2D eigenvalue weighted by molar-refractivity contribution is -0.384. The molecule has 0 saturated heterocycles. The van der Waals surface area contributed by atoms with Gasteiger partial charge < -0.3 is 15.7 Å². The molecule has 0 aliphatic rings. The minimum absolute atomic E-state index is 0.0298. The fraction of sp³-hybridized carbons (Fsp3) is 0.455. The summed E-state index contributed by atoms with van der Waals surface area (Å²) in [5.74, 6) is 0. The van der Waals surface area contributed by atoms with E-state index in [1.165, 1.54) is 12.1 Å². The van der Waals surface area contributed by atoms with Crippen molar-refractivity contribution < 1.29 is 10.0 Å². The summed E-state index contributed by atoms with van der Waals surface area (Å²) in [7, 11) is 0. The van der Waals surface area contributed by atoms with Crippen LogP contribution in [0.15, 0.2) is 18.2 Å². The van der Waals surface area contributed by atoms with Gasteiger partial charge in [-0.05, 0) is 13.0 Å². The summed E-state index contributed by atoms with van der Waals surface area (Å²) in [5.41, 5.74) is 0.624. The van der Waals surface area contributed by atoms with Crippen LogP contribution in [-0.4, -0.2) is 35.8 Å². The number of hydrogen-bond acceptors (Lipinski definition) is 5. The van der Waals surface area contributed by atoms with E-state index >= 15 is 0 Å². The predicted molar refractivity (Wildman–Crippen MR) is 71.1 cm³/mol. The number of halogens is 1. The molecule has 0 unspecified atom stereocenters. The van der Waals surface area contributed by atoms with Crippen molar-refractivity contribution in [2.24, 2.45) is 0 Å². The van der Waals surface area contributed by atoms with E-state index in [2.05, 4.69) is 10.6 Å². The molecular weight excluding hydrogens is 258 g/mol. The highest BCUT2D eigenvalue weighted by molar-refractivity contribution is 6.33. The third-order valence-corrected chi connectivity index (χ3v) is 2.53. The van der Waals surface area contributed by atoms with Gasteiger partial charge in [-0.15, -0.1) is 0 Å².